The Morgan fingerprint density at radius 1 is 1.22 bits per heavy atom. The zero-order chi connectivity index (χ0) is 22.7. The first-order valence-corrected chi connectivity index (χ1v) is 11.3. The average molecular weight is 437 g/mol. The molecule has 0 bridgehead atoms. The molecular formula is C25H32N4O3. The van der Waals surface area contributed by atoms with E-state index in [1.165, 1.54) is 11.1 Å². The first kappa shape index (κ1) is 22.1. The molecule has 2 aliphatic carbocycles. The summed E-state index contributed by atoms with van der Waals surface area (Å²) in [6.07, 6.45) is 6.58. The standard InChI is InChI=1S/C25H32N4O3/c1-28(2)23(15-18-7-11-22(30)12-8-18)25(13-14-25)27-24(17-29(31)32)26-21-10-9-19-5-3-4-6-20(19)16-21/h3-8,11-12,17,21,23,26-27,30H,9-10,13-16H2,1-2H3. The van der Waals surface area contributed by atoms with E-state index >= 15 is 0 Å². The molecule has 2 unspecified atom stereocenters. The molecule has 3 N–H and O–H groups in total. The smallest absolute Gasteiger partial charge is 0.274 e. The molecule has 2 atom stereocenters. The summed E-state index contributed by atoms with van der Waals surface area (Å²) in [4.78, 5) is 13.2. The lowest BCUT2D eigenvalue weighted by Gasteiger charge is -2.36. The topological polar surface area (TPSA) is 90.7 Å². The summed E-state index contributed by atoms with van der Waals surface area (Å²) in [6, 6.07) is 16.0. The Morgan fingerprint density at radius 2 is 1.91 bits per heavy atom. The van der Waals surface area contributed by atoms with E-state index in [0.29, 0.717) is 5.82 Å². The van der Waals surface area contributed by atoms with Gasteiger partial charge < -0.3 is 20.6 Å². The number of rotatable bonds is 9. The Kier molecular flexibility index (Phi) is 6.37. The minimum atomic E-state index is -0.382. The summed E-state index contributed by atoms with van der Waals surface area (Å²) in [5, 5.41) is 28.0. The predicted molar refractivity (Wildman–Crippen MR) is 125 cm³/mol. The van der Waals surface area contributed by atoms with Crippen molar-refractivity contribution in [3.63, 3.8) is 0 Å². The van der Waals surface area contributed by atoms with Crippen LogP contribution in [0.25, 0.3) is 0 Å². The minimum Gasteiger partial charge on any atom is -0.508 e. The maximum absolute atomic E-state index is 11.4. The molecule has 170 valence electrons. The van der Waals surface area contributed by atoms with Gasteiger partial charge in [-0.3, -0.25) is 10.1 Å². The zero-order valence-electron chi connectivity index (χ0n) is 18.8. The van der Waals surface area contributed by atoms with Crippen molar-refractivity contribution >= 4 is 0 Å². The third-order valence-electron chi connectivity index (χ3n) is 6.74. The van der Waals surface area contributed by atoms with E-state index in [2.05, 4.69) is 53.9 Å². The van der Waals surface area contributed by atoms with Gasteiger partial charge in [-0.15, -0.1) is 0 Å². The van der Waals surface area contributed by atoms with Crippen LogP contribution < -0.4 is 10.6 Å². The highest BCUT2D eigenvalue weighted by atomic mass is 16.6. The van der Waals surface area contributed by atoms with Gasteiger partial charge in [-0.25, -0.2) is 0 Å². The molecule has 0 radical (unpaired) electrons. The summed E-state index contributed by atoms with van der Waals surface area (Å²) >= 11 is 0. The predicted octanol–water partition coefficient (Wildman–Crippen LogP) is 3.21. The Hall–Kier alpha value is -3.06. The lowest BCUT2D eigenvalue weighted by molar-refractivity contribution is -0.404. The second kappa shape index (κ2) is 9.20. The van der Waals surface area contributed by atoms with Crippen molar-refractivity contribution in [3.8, 4) is 5.75 Å². The zero-order valence-corrected chi connectivity index (χ0v) is 18.8. The van der Waals surface area contributed by atoms with Crippen LogP contribution in [0.15, 0.2) is 60.6 Å². The van der Waals surface area contributed by atoms with Gasteiger partial charge in [0.15, 0.2) is 5.82 Å². The quantitative estimate of drug-likeness (QED) is 0.413. The number of fused-ring (bicyclic) bond motifs is 1. The van der Waals surface area contributed by atoms with Gasteiger partial charge in [0.05, 0.1) is 10.5 Å². The average Bonchev–Trinajstić information content (AvgIpc) is 3.52. The molecule has 0 aliphatic heterocycles. The third kappa shape index (κ3) is 5.22. The van der Waals surface area contributed by atoms with Gasteiger partial charge in [0.25, 0.3) is 6.20 Å². The van der Waals surface area contributed by atoms with Gasteiger partial charge >= 0.3 is 0 Å². The van der Waals surface area contributed by atoms with Crippen LogP contribution in [0.4, 0.5) is 0 Å². The molecule has 0 saturated heterocycles. The summed E-state index contributed by atoms with van der Waals surface area (Å²) in [5.74, 6) is 0.748. The number of phenols is 1. The molecule has 1 saturated carbocycles. The van der Waals surface area contributed by atoms with Gasteiger partial charge in [0.1, 0.15) is 5.75 Å². The summed E-state index contributed by atoms with van der Waals surface area (Å²) in [7, 11) is 4.10. The number of benzene rings is 2. The van der Waals surface area contributed by atoms with Gasteiger partial charge in [0.2, 0.25) is 0 Å². The molecule has 0 spiro atoms. The highest BCUT2D eigenvalue weighted by molar-refractivity contribution is 5.31. The molecule has 1 fully saturated rings. The summed E-state index contributed by atoms with van der Waals surface area (Å²) in [6.45, 7) is 0. The van der Waals surface area contributed by atoms with Crippen molar-refractivity contribution < 1.29 is 10.0 Å². The number of aromatic hydroxyl groups is 1. The van der Waals surface area contributed by atoms with Crippen molar-refractivity contribution in [2.75, 3.05) is 14.1 Å². The fraction of sp³-hybridized carbons (Fsp3) is 0.440. The molecule has 32 heavy (non-hydrogen) atoms. The Bertz CT molecular complexity index is 983. The first-order chi connectivity index (χ1) is 15.3. The van der Waals surface area contributed by atoms with Crippen molar-refractivity contribution in [2.24, 2.45) is 0 Å². The number of phenolic OH excluding ortho intramolecular Hbond substituents is 1. The second-order valence-electron chi connectivity index (χ2n) is 9.31. The highest BCUT2D eigenvalue weighted by Crippen LogP contribution is 2.42. The number of hydrogen-bond donors (Lipinski definition) is 3. The van der Waals surface area contributed by atoms with Gasteiger partial charge in [-0.2, -0.15) is 0 Å². The van der Waals surface area contributed by atoms with Gasteiger partial charge in [-0.1, -0.05) is 36.4 Å². The van der Waals surface area contributed by atoms with E-state index in [1.54, 1.807) is 12.1 Å². The summed E-state index contributed by atoms with van der Waals surface area (Å²) < 4.78 is 0. The lowest BCUT2D eigenvalue weighted by Crippen LogP contribution is -2.53. The van der Waals surface area contributed by atoms with E-state index in [0.717, 1.165) is 50.3 Å². The monoisotopic (exact) mass is 436 g/mol. The largest absolute Gasteiger partial charge is 0.508 e. The Labute approximate surface area is 189 Å². The van der Waals surface area contributed by atoms with Crippen LogP contribution in [-0.4, -0.2) is 46.6 Å². The van der Waals surface area contributed by atoms with Crippen molar-refractivity contribution in [3.05, 3.63) is 87.4 Å². The summed E-state index contributed by atoms with van der Waals surface area (Å²) in [5.41, 5.74) is 3.60. The van der Waals surface area contributed by atoms with Crippen LogP contribution in [0, 0.1) is 10.1 Å². The SMILES string of the molecule is CN(C)C(Cc1ccc(O)cc1)C1(NC(=C[N+](=O)[O-])NC2CCc3ccccc3C2)CC1. The number of nitrogens with one attached hydrogen (secondary N) is 2. The van der Waals surface area contributed by atoms with E-state index in [9.17, 15) is 15.2 Å². The Balaban J connectivity index is 1.49. The van der Waals surface area contributed by atoms with Crippen LogP contribution in [0.5, 0.6) is 5.75 Å². The molecule has 2 aromatic rings. The second-order valence-corrected chi connectivity index (χ2v) is 9.31. The van der Waals surface area contributed by atoms with E-state index < -0.39 is 0 Å². The Morgan fingerprint density at radius 3 is 2.53 bits per heavy atom. The molecule has 7 heteroatoms. The first-order valence-electron chi connectivity index (χ1n) is 11.3. The normalized spacial score (nSPS) is 20.3. The third-order valence-corrected chi connectivity index (χ3v) is 6.74. The maximum atomic E-state index is 11.4. The van der Waals surface area contributed by atoms with E-state index in [-0.39, 0.29) is 28.3 Å². The maximum Gasteiger partial charge on any atom is 0.274 e. The number of nitro groups is 1. The molecule has 7 nitrogen and oxygen atoms in total. The number of hydrogen-bond acceptors (Lipinski definition) is 6. The van der Waals surface area contributed by atoms with Crippen molar-refractivity contribution in [1.29, 1.82) is 0 Å². The van der Waals surface area contributed by atoms with E-state index in [4.69, 9.17) is 0 Å². The molecule has 0 amide bonds. The highest BCUT2D eigenvalue weighted by Gasteiger charge is 2.51. The molecular weight excluding hydrogens is 404 g/mol. The van der Waals surface area contributed by atoms with Gasteiger partial charge in [0, 0.05) is 12.1 Å². The van der Waals surface area contributed by atoms with Crippen molar-refractivity contribution in [2.45, 2.75) is 56.1 Å². The van der Waals surface area contributed by atoms with Crippen LogP contribution in [0.3, 0.4) is 0 Å². The number of aryl methyl sites for hydroxylation is 1. The minimum absolute atomic E-state index is 0.161. The molecule has 2 aliphatic rings. The van der Waals surface area contributed by atoms with E-state index in [1.807, 2.05) is 12.1 Å². The lowest BCUT2D eigenvalue weighted by atomic mass is 9.88. The fourth-order valence-corrected chi connectivity index (χ4v) is 4.92. The molecule has 2 aromatic carbocycles. The molecule has 4 rings (SSSR count). The van der Waals surface area contributed by atoms with Crippen LogP contribution in [0.2, 0.25) is 0 Å². The van der Waals surface area contributed by atoms with Gasteiger partial charge in [-0.05, 0) is 81.4 Å². The van der Waals surface area contributed by atoms with Crippen LogP contribution >= 0.6 is 0 Å². The number of nitrogens with zero attached hydrogens (tertiary/aromatic N) is 2. The number of likely N-dealkylation sites (N-methyl/N-ethyl adjacent to an activating group) is 1. The molecule has 0 heterocycles. The van der Waals surface area contributed by atoms with Crippen LogP contribution in [0.1, 0.15) is 36.0 Å². The molecule has 0 aromatic heterocycles. The fourth-order valence-electron chi connectivity index (χ4n) is 4.92. The van der Waals surface area contributed by atoms with Crippen LogP contribution in [-0.2, 0) is 19.3 Å². The van der Waals surface area contributed by atoms with Crippen molar-refractivity contribution in [1.82, 2.24) is 15.5 Å².